The Balaban J connectivity index is 1.74. The molecule has 7 heteroatoms. The maximum Gasteiger partial charge on any atom is 0.359 e. The molecule has 1 aromatic carbocycles. The Kier molecular flexibility index (Phi) is 5.27. The van der Waals surface area contributed by atoms with E-state index < -0.39 is 12.6 Å². The van der Waals surface area contributed by atoms with Crippen molar-refractivity contribution in [3.63, 3.8) is 0 Å². The van der Waals surface area contributed by atoms with Gasteiger partial charge in [-0.05, 0) is 23.8 Å². The number of aromatic nitrogens is 1. The highest BCUT2D eigenvalue weighted by molar-refractivity contribution is 6.34. The molecule has 0 aliphatic carbocycles. The van der Waals surface area contributed by atoms with Gasteiger partial charge in [0, 0.05) is 29.9 Å². The van der Waals surface area contributed by atoms with Crippen molar-refractivity contribution in [1.29, 1.82) is 0 Å². The minimum Gasteiger partial charge on any atom is -0.453 e. The maximum absolute atomic E-state index is 12.4. The summed E-state index contributed by atoms with van der Waals surface area (Å²) in [6, 6.07) is 10.9. The van der Waals surface area contributed by atoms with Crippen molar-refractivity contribution in [2.75, 3.05) is 18.6 Å². The van der Waals surface area contributed by atoms with E-state index in [1.165, 1.54) is 18.2 Å². The van der Waals surface area contributed by atoms with E-state index in [4.69, 9.17) is 27.9 Å². The SMILES string of the molecule is CN1C(=CC(=O)COC(=O)c2nc(Cl)ccc2Cl)C(C)(C)c2ccccc21. The summed E-state index contributed by atoms with van der Waals surface area (Å²) in [6.07, 6.45) is 1.51. The van der Waals surface area contributed by atoms with E-state index in [0.29, 0.717) is 0 Å². The van der Waals surface area contributed by atoms with Gasteiger partial charge in [-0.1, -0.05) is 55.2 Å². The Labute approximate surface area is 167 Å². The Morgan fingerprint density at radius 2 is 1.89 bits per heavy atom. The number of para-hydroxylation sites is 1. The lowest BCUT2D eigenvalue weighted by Crippen LogP contribution is -2.25. The minimum absolute atomic E-state index is 0.113. The molecule has 0 spiro atoms. The fourth-order valence-electron chi connectivity index (χ4n) is 3.22. The van der Waals surface area contributed by atoms with Crippen molar-refractivity contribution < 1.29 is 14.3 Å². The zero-order valence-corrected chi connectivity index (χ0v) is 16.6. The second-order valence-electron chi connectivity index (χ2n) is 6.74. The van der Waals surface area contributed by atoms with E-state index in [1.807, 2.05) is 36.2 Å². The van der Waals surface area contributed by atoms with Crippen LogP contribution in [-0.2, 0) is 14.9 Å². The number of anilines is 1. The molecule has 3 rings (SSSR count). The fourth-order valence-corrected chi connectivity index (χ4v) is 3.55. The maximum atomic E-state index is 12.4. The molecule has 140 valence electrons. The number of ether oxygens (including phenoxy) is 1. The van der Waals surface area contributed by atoms with Crippen molar-refractivity contribution in [1.82, 2.24) is 4.98 Å². The van der Waals surface area contributed by atoms with Crippen LogP contribution in [0.25, 0.3) is 0 Å². The van der Waals surface area contributed by atoms with Crippen LogP contribution < -0.4 is 4.90 Å². The number of allylic oxidation sites excluding steroid dienone is 1. The van der Waals surface area contributed by atoms with E-state index in [0.717, 1.165) is 16.9 Å². The Bertz CT molecular complexity index is 954. The number of benzene rings is 1. The molecule has 1 aromatic heterocycles. The number of esters is 1. The van der Waals surface area contributed by atoms with Crippen LogP contribution in [0.1, 0.15) is 29.9 Å². The molecule has 0 N–H and O–H groups in total. The predicted octanol–water partition coefficient (Wildman–Crippen LogP) is 4.43. The number of rotatable bonds is 4. The first-order chi connectivity index (χ1) is 12.7. The molecule has 0 fully saturated rings. The van der Waals surface area contributed by atoms with Crippen molar-refractivity contribution in [2.45, 2.75) is 19.3 Å². The number of hydrogen-bond donors (Lipinski definition) is 0. The third kappa shape index (κ3) is 3.70. The number of fused-ring (bicyclic) bond motifs is 1. The van der Waals surface area contributed by atoms with Crippen LogP contribution in [0.5, 0.6) is 0 Å². The van der Waals surface area contributed by atoms with Crippen molar-refractivity contribution in [3.8, 4) is 0 Å². The third-order valence-corrected chi connectivity index (χ3v) is 5.10. The average Bonchev–Trinajstić information content (AvgIpc) is 2.83. The topological polar surface area (TPSA) is 59.5 Å². The highest BCUT2D eigenvalue weighted by Crippen LogP contribution is 2.46. The largest absolute Gasteiger partial charge is 0.453 e. The normalized spacial score (nSPS) is 16.3. The van der Waals surface area contributed by atoms with E-state index in [1.54, 1.807) is 0 Å². The quantitative estimate of drug-likeness (QED) is 0.428. The number of nitrogens with zero attached hydrogens (tertiary/aromatic N) is 2. The summed E-state index contributed by atoms with van der Waals surface area (Å²) in [5, 5.41) is 0.231. The summed E-state index contributed by atoms with van der Waals surface area (Å²) in [5.41, 5.74) is 2.58. The molecular weight excluding hydrogens is 387 g/mol. The minimum atomic E-state index is -0.795. The summed E-state index contributed by atoms with van der Waals surface area (Å²) in [7, 11) is 1.91. The number of ketones is 1. The number of halogens is 2. The molecule has 0 bridgehead atoms. The molecule has 1 aliphatic rings. The Hall–Kier alpha value is -2.37. The lowest BCUT2D eigenvalue weighted by molar-refractivity contribution is -0.117. The number of pyridine rings is 1. The Morgan fingerprint density at radius 3 is 2.59 bits per heavy atom. The first-order valence-corrected chi connectivity index (χ1v) is 9.05. The Morgan fingerprint density at radius 1 is 1.19 bits per heavy atom. The molecule has 1 aliphatic heterocycles. The zero-order valence-electron chi connectivity index (χ0n) is 15.1. The summed E-state index contributed by atoms with van der Waals surface area (Å²) in [4.78, 5) is 30.3. The zero-order chi connectivity index (χ0) is 19.8. The van der Waals surface area contributed by atoms with E-state index in [2.05, 4.69) is 18.8 Å². The molecule has 27 heavy (non-hydrogen) atoms. The van der Waals surface area contributed by atoms with Crippen LogP contribution >= 0.6 is 23.2 Å². The molecule has 2 aromatic rings. The summed E-state index contributed by atoms with van der Waals surface area (Å²) >= 11 is 11.7. The second-order valence-corrected chi connectivity index (χ2v) is 7.53. The first kappa shape index (κ1) is 19.4. The van der Waals surface area contributed by atoms with Crippen molar-refractivity contribution in [3.05, 3.63) is 69.6 Å². The second kappa shape index (κ2) is 7.33. The molecule has 0 saturated heterocycles. The molecule has 5 nitrogen and oxygen atoms in total. The monoisotopic (exact) mass is 404 g/mol. The molecule has 0 unspecified atom stereocenters. The number of carbonyl (C=O) groups excluding carboxylic acids is 2. The van der Waals surface area contributed by atoms with Crippen molar-refractivity contribution >= 4 is 40.6 Å². The highest BCUT2D eigenvalue weighted by Gasteiger charge is 2.38. The van der Waals surface area contributed by atoms with Gasteiger partial charge in [-0.25, -0.2) is 9.78 Å². The summed E-state index contributed by atoms with van der Waals surface area (Å²) in [5.74, 6) is -1.12. The van der Waals surface area contributed by atoms with Gasteiger partial charge < -0.3 is 9.64 Å². The first-order valence-electron chi connectivity index (χ1n) is 8.29. The average molecular weight is 405 g/mol. The number of carbonyl (C=O) groups is 2. The number of hydrogen-bond acceptors (Lipinski definition) is 5. The van der Waals surface area contributed by atoms with E-state index in [-0.39, 0.29) is 27.1 Å². The number of likely N-dealkylation sites (N-methyl/N-ethyl adjacent to an activating group) is 1. The lowest BCUT2D eigenvalue weighted by atomic mass is 9.83. The lowest BCUT2D eigenvalue weighted by Gasteiger charge is -2.23. The van der Waals surface area contributed by atoms with Gasteiger partial charge in [0.1, 0.15) is 5.15 Å². The van der Waals surface area contributed by atoms with Crippen LogP contribution in [0.4, 0.5) is 5.69 Å². The fraction of sp³-hybridized carbons (Fsp3) is 0.250. The molecule has 0 amide bonds. The third-order valence-electron chi connectivity index (χ3n) is 4.59. The van der Waals surface area contributed by atoms with Gasteiger partial charge in [-0.2, -0.15) is 0 Å². The van der Waals surface area contributed by atoms with Crippen LogP contribution in [0.2, 0.25) is 10.2 Å². The summed E-state index contributed by atoms with van der Waals surface area (Å²) in [6.45, 7) is 3.69. The molecule has 0 atom stereocenters. The smallest absolute Gasteiger partial charge is 0.359 e. The van der Waals surface area contributed by atoms with Crippen molar-refractivity contribution in [2.24, 2.45) is 0 Å². The van der Waals surface area contributed by atoms with Crippen LogP contribution in [0, 0.1) is 0 Å². The molecule has 0 saturated carbocycles. The van der Waals surface area contributed by atoms with Gasteiger partial charge in [0.25, 0.3) is 0 Å². The van der Waals surface area contributed by atoms with Gasteiger partial charge >= 0.3 is 5.97 Å². The van der Waals surface area contributed by atoms with Gasteiger partial charge in [0.15, 0.2) is 18.1 Å². The molecule has 2 heterocycles. The predicted molar refractivity (Wildman–Crippen MR) is 106 cm³/mol. The van der Waals surface area contributed by atoms with Gasteiger partial charge in [-0.3, -0.25) is 4.79 Å². The molecule has 0 radical (unpaired) electrons. The van der Waals surface area contributed by atoms with Crippen LogP contribution in [0.15, 0.2) is 48.2 Å². The van der Waals surface area contributed by atoms with E-state index >= 15 is 0 Å². The van der Waals surface area contributed by atoms with E-state index in [9.17, 15) is 9.59 Å². The van der Waals surface area contributed by atoms with Gasteiger partial charge in [-0.15, -0.1) is 0 Å². The van der Waals surface area contributed by atoms with Crippen LogP contribution in [0.3, 0.4) is 0 Å². The van der Waals surface area contributed by atoms with Gasteiger partial charge in [0.05, 0.1) is 5.02 Å². The standard InChI is InChI=1S/C20H18Cl2N2O3/c1-20(2)13-6-4-5-7-15(13)24(3)16(20)10-12(25)11-27-19(26)18-14(21)8-9-17(22)23-18/h4-10H,11H2,1-3H3. The highest BCUT2D eigenvalue weighted by atomic mass is 35.5. The molecular formula is C20H18Cl2N2O3. The summed E-state index contributed by atoms with van der Waals surface area (Å²) < 4.78 is 5.06. The van der Waals surface area contributed by atoms with Crippen LogP contribution in [-0.4, -0.2) is 30.4 Å². The van der Waals surface area contributed by atoms with Gasteiger partial charge in [0.2, 0.25) is 0 Å².